The molecule has 0 aliphatic heterocycles. The lowest BCUT2D eigenvalue weighted by molar-refractivity contribution is 0.497. The molecule has 0 amide bonds. The van der Waals surface area contributed by atoms with Gasteiger partial charge in [0, 0.05) is 0 Å². The monoisotopic (exact) mass is 228 g/mol. The highest BCUT2D eigenvalue weighted by atomic mass is 32.1. The number of nitrogens with zero attached hydrogens (tertiary/aromatic N) is 2. The molecule has 1 unspecified atom stereocenters. The van der Waals surface area contributed by atoms with Crippen LogP contribution in [0.3, 0.4) is 0 Å². The Hall–Kier alpha value is -0.520. The number of unbranched alkanes of at least 4 members (excludes halogenated alkanes) is 1. The van der Waals surface area contributed by atoms with Crippen molar-refractivity contribution >= 4 is 11.5 Å². The number of rotatable bonds is 7. The van der Waals surface area contributed by atoms with Crippen LogP contribution in [-0.2, 0) is 6.42 Å². The van der Waals surface area contributed by atoms with Crippen molar-refractivity contribution in [1.82, 2.24) is 15.0 Å². The van der Waals surface area contributed by atoms with Crippen molar-refractivity contribution < 1.29 is 0 Å². The maximum absolute atomic E-state index is 5.57. The number of nitrogens with two attached hydrogens (primary N) is 1. The summed E-state index contributed by atoms with van der Waals surface area (Å²) in [6.45, 7) is 4.34. The van der Waals surface area contributed by atoms with Gasteiger partial charge in [-0.3, -0.25) is 11.3 Å². The average molecular weight is 228 g/mol. The van der Waals surface area contributed by atoms with Gasteiger partial charge in [-0.25, -0.2) is 0 Å². The van der Waals surface area contributed by atoms with Crippen LogP contribution in [-0.4, -0.2) is 9.59 Å². The topological polar surface area (TPSA) is 63.8 Å². The van der Waals surface area contributed by atoms with E-state index in [9.17, 15) is 0 Å². The Morgan fingerprint density at radius 3 is 2.80 bits per heavy atom. The molecule has 0 saturated carbocycles. The Bertz CT molecular complexity index is 274. The molecule has 1 heterocycles. The highest BCUT2D eigenvalue weighted by molar-refractivity contribution is 7.05. The van der Waals surface area contributed by atoms with Gasteiger partial charge in [0.2, 0.25) is 0 Å². The van der Waals surface area contributed by atoms with Crippen molar-refractivity contribution in [2.45, 2.75) is 52.0 Å². The first-order valence-electron chi connectivity index (χ1n) is 5.60. The highest BCUT2D eigenvalue weighted by Gasteiger charge is 2.16. The number of hydrogen-bond acceptors (Lipinski definition) is 5. The minimum Gasteiger partial charge on any atom is -0.271 e. The molecule has 3 N–H and O–H groups in total. The van der Waals surface area contributed by atoms with E-state index >= 15 is 0 Å². The molecular formula is C10H20N4S. The number of aromatic nitrogens is 2. The van der Waals surface area contributed by atoms with E-state index in [4.69, 9.17) is 5.84 Å². The standard InChI is InChI=1S/C10H20N4S/c1-3-5-7-8(12-11)10-9(6-4-2)13-14-15-10/h8,12H,3-7,11H2,1-2H3. The molecule has 15 heavy (non-hydrogen) atoms. The summed E-state index contributed by atoms with van der Waals surface area (Å²) in [5.74, 6) is 5.57. The van der Waals surface area contributed by atoms with E-state index in [0.717, 1.165) is 25.0 Å². The van der Waals surface area contributed by atoms with E-state index in [2.05, 4.69) is 28.9 Å². The van der Waals surface area contributed by atoms with Crippen LogP contribution in [0.25, 0.3) is 0 Å². The van der Waals surface area contributed by atoms with Crippen molar-refractivity contribution in [3.8, 4) is 0 Å². The molecule has 86 valence electrons. The number of aryl methyl sites for hydroxylation is 1. The van der Waals surface area contributed by atoms with Gasteiger partial charge in [-0.05, 0) is 24.4 Å². The van der Waals surface area contributed by atoms with Gasteiger partial charge in [0.05, 0.1) is 16.6 Å². The van der Waals surface area contributed by atoms with Gasteiger partial charge in [-0.15, -0.1) is 5.10 Å². The van der Waals surface area contributed by atoms with E-state index in [-0.39, 0.29) is 6.04 Å². The molecule has 4 nitrogen and oxygen atoms in total. The number of nitrogens with one attached hydrogen (secondary N) is 1. The lowest BCUT2D eigenvalue weighted by Crippen LogP contribution is -2.28. The molecule has 1 rings (SSSR count). The summed E-state index contributed by atoms with van der Waals surface area (Å²) in [6.07, 6.45) is 5.53. The van der Waals surface area contributed by atoms with Crippen molar-refractivity contribution in [3.05, 3.63) is 10.6 Å². The third-order valence-electron chi connectivity index (χ3n) is 2.44. The first-order valence-corrected chi connectivity index (χ1v) is 6.38. The van der Waals surface area contributed by atoms with Gasteiger partial charge in [0.15, 0.2) is 0 Å². The second-order valence-electron chi connectivity index (χ2n) is 3.70. The van der Waals surface area contributed by atoms with Crippen LogP contribution in [0.15, 0.2) is 0 Å². The summed E-state index contributed by atoms with van der Waals surface area (Å²) in [5.41, 5.74) is 3.98. The van der Waals surface area contributed by atoms with Crippen molar-refractivity contribution in [2.75, 3.05) is 0 Å². The van der Waals surface area contributed by atoms with E-state index < -0.39 is 0 Å². The van der Waals surface area contributed by atoms with E-state index in [1.807, 2.05) is 0 Å². The molecule has 0 bridgehead atoms. The molecular weight excluding hydrogens is 208 g/mol. The maximum Gasteiger partial charge on any atom is 0.0804 e. The Balaban J connectivity index is 2.67. The normalized spacial score (nSPS) is 13.0. The molecule has 1 aromatic rings. The first kappa shape index (κ1) is 12.5. The number of hydrazine groups is 1. The van der Waals surface area contributed by atoms with Gasteiger partial charge < -0.3 is 0 Å². The largest absolute Gasteiger partial charge is 0.271 e. The van der Waals surface area contributed by atoms with Crippen LogP contribution < -0.4 is 11.3 Å². The predicted octanol–water partition coefficient (Wildman–Crippen LogP) is 2.19. The van der Waals surface area contributed by atoms with Gasteiger partial charge in [0.25, 0.3) is 0 Å². The molecule has 0 saturated heterocycles. The molecule has 5 heteroatoms. The Labute approximate surface area is 95.4 Å². The van der Waals surface area contributed by atoms with Gasteiger partial charge in [0.1, 0.15) is 0 Å². The zero-order valence-electron chi connectivity index (χ0n) is 9.49. The fourth-order valence-corrected chi connectivity index (χ4v) is 2.38. The summed E-state index contributed by atoms with van der Waals surface area (Å²) in [6, 6.07) is 0.228. The van der Waals surface area contributed by atoms with Crippen LogP contribution in [0.2, 0.25) is 0 Å². The predicted molar refractivity (Wildman–Crippen MR) is 63.5 cm³/mol. The Kier molecular flexibility index (Phi) is 5.75. The minimum atomic E-state index is 0.228. The van der Waals surface area contributed by atoms with Crippen molar-refractivity contribution in [1.29, 1.82) is 0 Å². The molecule has 0 fully saturated rings. The maximum atomic E-state index is 5.57. The lowest BCUT2D eigenvalue weighted by Gasteiger charge is -2.14. The highest BCUT2D eigenvalue weighted by Crippen LogP contribution is 2.25. The van der Waals surface area contributed by atoms with E-state index in [1.54, 1.807) is 0 Å². The van der Waals surface area contributed by atoms with Crippen LogP contribution >= 0.6 is 11.5 Å². The van der Waals surface area contributed by atoms with Crippen molar-refractivity contribution in [3.63, 3.8) is 0 Å². The lowest BCUT2D eigenvalue weighted by atomic mass is 10.1. The molecule has 1 atom stereocenters. The molecule has 0 spiro atoms. The zero-order chi connectivity index (χ0) is 11.1. The van der Waals surface area contributed by atoms with Crippen molar-refractivity contribution in [2.24, 2.45) is 5.84 Å². The second kappa shape index (κ2) is 6.87. The fraction of sp³-hybridized carbons (Fsp3) is 0.800. The molecule has 0 radical (unpaired) electrons. The smallest absolute Gasteiger partial charge is 0.0804 e. The fourth-order valence-electron chi connectivity index (χ4n) is 1.59. The van der Waals surface area contributed by atoms with E-state index in [1.165, 1.54) is 29.3 Å². The van der Waals surface area contributed by atoms with Crippen LogP contribution in [0.4, 0.5) is 0 Å². The Morgan fingerprint density at radius 2 is 2.20 bits per heavy atom. The van der Waals surface area contributed by atoms with Crippen LogP contribution in [0.1, 0.15) is 56.1 Å². The summed E-state index contributed by atoms with van der Waals surface area (Å²) in [4.78, 5) is 1.22. The number of hydrogen-bond donors (Lipinski definition) is 2. The quantitative estimate of drug-likeness (QED) is 0.554. The van der Waals surface area contributed by atoms with Gasteiger partial charge >= 0.3 is 0 Å². The summed E-state index contributed by atoms with van der Waals surface area (Å²) in [7, 11) is 0. The Morgan fingerprint density at radius 1 is 1.40 bits per heavy atom. The van der Waals surface area contributed by atoms with E-state index in [0.29, 0.717) is 0 Å². The zero-order valence-corrected chi connectivity index (χ0v) is 10.3. The summed E-state index contributed by atoms with van der Waals surface area (Å²) < 4.78 is 4.01. The summed E-state index contributed by atoms with van der Waals surface area (Å²) in [5, 5.41) is 4.16. The third-order valence-corrected chi connectivity index (χ3v) is 3.32. The van der Waals surface area contributed by atoms with Gasteiger partial charge in [-0.2, -0.15) is 0 Å². The molecule has 0 aromatic carbocycles. The SMILES string of the molecule is CCCCC(NN)c1snnc1CCC. The minimum absolute atomic E-state index is 0.228. The first-order chi connectivity index (χ1) is 7.33. The average Bonchev–Trinajstić information content (AvgIpc) is 2.68. The molecule has 0 aliphatic rings. The molecule has 0 aliphatic carbocycles. The van der Waals surface area contributed by atoms with Crippen LogP contribution in [0, 0.1) is 0 Å². The van der Waals surface area contributed by atoms with Gasteiger partial charge in [-0.1, -0.05) is 37.6 Å². The van der Waals surface area contributed by atoms with Crippen LogP contribution in [0.5, 0.6) is 0 Å². The second-order valence-corrected chi connectivity index (χ2v) is 4.48. The third kappa shape index (κ3) is 3.52. The summed E-state index contributed by atoms with van der Waals surface area (Å²) >= 11 is 1.47. The molecule has 1 aromatic heterocycles.